The van der Waals surface area contributed by atoms with Crippen LogP contribution in [-0.2, 0) is 25.4 Å². The van der Waals surface area contributed by atoms with Crippen molar-refractivity contribution in [2.75, 3.05) is 19.7 Å². The molecule has 10 heteroatoms. The smallest absolute Gasteiger partial charge is 0.227 e. The number of amides is 1. The first-order valence-corrected chi connectivity index (χ1v) is 20.0. The number of halogens is 2. The van der Waals surface area contributed by atoms with Crippen LogP contribution in [0.25, 0.3) is 0 Å². The molecule has 0 aromatic heterocycles. The minimum absolute atomic E-state index is 0.0348. The van der Waals surface area contributed by atoms with Gasteiger partial charge in [0.2, 0.25) is 5.91 Å². The predicted octanol–water partition coefficient (Wildman–Crippen LogP) is 6.02. The average molecular weight is 730 g/mol. The summed E-state index contributed by atoms with van der Waals surface area (Å²) in [5.74, 6) is -0.282. The van der Waals surface area contributed by atoms with E-state index in [1.807, 2.05) is 0 Å². The molecule has 52 heavy (non-hydrogen) atoms. The standard InChI is InChI=1S/C42H61F2NO7/c1-23-16-27(35(47)38(4,5)49)51-34-33(23)39(6)12-13-42-22-41(42)11-10-30(37(2,3)28(41)8-9-29(42)40(39,7)36(34)48)52-32-21-45(14-15-50-32)31(46)19-24-17-25(43)20-26(44)18-24/h17-18,20,23,27-30,32-36,47-49H,8-16,19,21-22H2,1-7H3/t23-,27?,28+,29+,30+,32?,33?,34?,35+,36+,39-,40-,41-,42?/m1/s1. The molecule has 0 radical (unpaired) electrons. The van der Waals surface area contributed by atoms with E-state index >= 15 is 0 Å². The number of rotatable bonds is 6. The SMILES string of the molecule is C[C@@H]1CC([C@H](O)C(C)(C)O)OC2C1[C@@]1(C)CCC34C[C@@]35CC[C@H](OC3CN(C(=O)Cc6cc(F)cc(F)c6)CCO3)C(C)(C)[C@@H]5CC[C@H]4[C@]1(C)[C@H]2O. The van der Waals surface area contributed by atoms with Crippen LogP contribution in [0, 0.1) is 62.4 Å². The van der Waals surface area contributed by atoms with Gasteiger partial charge in [-0.2, -0.15) is 0 Å². The van der Waals surface area contributed by atoms with Crippen LogP contribution in [0.5, 0.6) is 0 Å². The van der Waals surface area contributed by atoms with E-state index in [1.54, 1.807) is 18.7 Å². The Morgan fingerprint density at radius 2 is 1.71 bits per heavy atom. The number of nitrogens with zero attached hydrogens (tertiary/aromatic N) is 1. The first kappa shape index (κ1) is 37.2. The molecule has 2 saturated heterocycles. The Morgan fingerprint density at radius 3 is 2.40 bits per heavy atom. The Hall–Kier alpha value is -1.69. The third-order valence-electron chi connectivity index (χ3n) is 16.8. The van der Waals surface area contributed by atoms with Crippen LogP contribution in [0.2, 0.25) is 0 Å². The maximum absolute atomic E-state index is 13.8. The summed E-state index contributed by atoms with van der Waals surface area (Å²) < 4.78 is 47.1. The van der Waals surface area contributed by atoms with Gasteiger partial charge in [0, 0.05) is 18.0 Å². The van der Waals surface area contributed by atoms with Crippen molar-refractivity contribution in [2.45, 2.75) is 149 Å². The van der Waals surface area contributed by atoms with Gasteiger partial charge in [-0.3, -0.25) is 4.79 Å². The second-order valence-electron chi connectivity index (χ2n) is 19.9. The number of aliphatic hydroxyl groups excluding tert-OH is 2. The van der Waals surface area contributed by atoms with Gasteiger partial charge >= 0.3 is 0 Å². The van der Waals surface area contributed by atoms with E-state index in [0.717, 1.165) is 44.6 Å². The fourth-order valence-electron chi connectivity index (χ4n) is 14.3. The van der Waals surface area contributed by atoms with Gasteiger partial charge in [0.05, 0.1) is 49.6 Å². The molecule has 5 aliphatic carbocycles. The number of ether oxygens (including phenoxy) is 3. The van der Waals surface area contributed by atoms with Gasteiger partial charge in [0.1, 0.15) is 17.7 Å². The largest absolute Gasteiger partial charge is 0.390 e. The van der Waals surface area contributed by atoms with E-state index in [0.29, 0.717) is 37.0 Å². The van der Waals surface area contributed by atoms with Crippen molar-refractivity contribution in [3.63, 3.8) is 0 Å². The maximum atomic E-state index is 13.8. The normalized spacial score (nSPS) is 47.0. The second-order valence-corrected chi connectivity index (χ2v) is 19.9. The summed E-state index contributed by atoms with van der Waals surface area (Å²) in [7, 11) is 0. The molecule has 2 heterocycles. The molecular formula is C42H61F2NO7. The van der Waals surface area contributed by atoms with E-state index in [1.165, 1.54) is 18.6 Å². The quantitative estimate of drug-likeness (QED) is 0.329. The van der Waals surface area contributed by atoms with Gasteiger partial charge in [-0.25, -0.2) is 8.78 Å². The molecule has 8 rings (SSSR count). The van der Waals surface area contributed by atoms with Gasteiger partial charge in [-0.1, -0.05) is 34.6 Å². The highest BCUT2D eigenvalue weighted by atomic mass is 19.1. The zero-order valence-electron chi connectivity index (χ0n) is 32.2. The Bertz CT molecular complexity index is 1560. The third kappa shape index (κ3) is 5.19. The summed E-state index contributed by atoms with van der Waals surface area (Å²) in [6.45, 7) is 16.1. The molecule has 290 valence electrons. The highest BCUT2D eigenvalue weighted by Crippen LogP contribution is 2.89. The van der Waals surface area contributed by atoms with Crippen molar-refractivity contribution in [3.8, 4) is 0 Å². The first-order valence-electron chi connectivity index (χ1n) is 20.0. The molecule has 1 aromatic carbocycles. The average Bonchev–Trinajstić information content (AvgIpc) is 3.69. The third-order valence-corrected chi connectivity index (χ3v) is 16.8. The number of carbonyl (C=O) groups excluding carboxylic acids is 1. The highest BCUT2D eigenvalue weighted by molar-refractivity contribution is 5.78. The lowest BCUT2D eigenvalue weighted by Gasteiger charge is -2.64. The number of fused-ring (bicyclic) bond motifs is 4. The summed E-state index contributed by atoms with van der Waals surface area (Å²) in [5.41, 5.74) is -1.12. The van der Waals surface area contributed by atoms with E-state index in [2.05, 4.69) is 34.6 Å². The van der Waals surface area contributed by atoms with Crippen molar-refractivity contribution >= 4 is 5.91 Å². The number of benzene rings is 1. The van der Waals surface area contributed by atoms with Crippen LogP contribution in [0.3, 0.4) is 0 Å². The van der Waals surface area contributed by atoms with Crippen molar-refractivity contribution in [1.82, 2.24) is 4.90 Å². The van der Waals surface area contributed by atoms with E-state index < -0.39 is 41.8 Å². The molecule has 0 bridgehead atoms. The van der Waals surface area contributed by atoms with Crippen molar-refractivity contribution in [2.24, 2.45) is 50.7 Å². The van der Waals surface area contributed by atoms with Gasteiger partial charge < -0.3 is 34.4 Å². The monoisotopic (exact) mass is 729 g/mol. The molecule has 8 nitrogen and oxygen atoms in total. The van der Waals surface area contributed by atoms with Crippen molar-refractivity contribution in [1.29, 1.82) is 0 Å². The highest BCUT2D eigenvalue weighted by Gasteiger charge is 2.84. The number of carbonyl (C=O) groups is 1. The number of aliphatic hydroxyl groups is 3. The Balaban J connectivity index is 0.974. The zero-order valence-corrected chi connectivity index (χ0v) is 32.2. The van der Waals surface area contributed by atoms with Crippen LogP contribution in [-0.4, -0.2) is 88.2 Å². The molecule has 1 amide bonds. The molecule has 2 aliphatic heterocycles. The lowest BCUT2D eigenvalue weighted by molar-refractivity contribution is -0.248. The minimum atomic E-state index is -1.29. The van der Waals surface area contributed by atoms with Crippen LogP contribution in [0.1, 0.15) is 105 Å². The van der Waals surface area contributed by atoms with E-state index in [4.69, 9.17) is 14.2 Å². The first-order chi connectivity index (χ1) is 24.3. The fourth-order valence-corrected chi connectivity index (χ4v) is 14.3. The molecule has 2 spiro atoms. The van der Waals surface area contributed by atoms with Gasteiger partial charge in [0.25, 0.3) is 0 Å². The molecule has 3 N–H and O–H groups in total. The van der Waals surface area contributed by atoms with E-state index in [9.17, 15) is 28.9 Å². The maximum Gasteiger partial charge on any atom is 0.227 e. The lowest BCUT2D eigenvalue weighted by Crippen LogP contribution is -2.60. The van der Waals surface area contributed by atoms with Crippen molar-refractivity contribution < 1.29 is 43.1 Å². The summed E-state index contributed by atoms with van der Waals surface area (Å²) in [5, 5.41) is 34.2. The topological polar surface area (TPSA) is 109 Å². The molecule has 1 aromatic rings. The van der Waals surface area contributed by atoms with Crippen molar-refractivity contribution in [3.05, 3.63) is 35.4 Å². The summed E-state index contributed by atoms with van der Waals surface area (Å²) in [6.07, 6.45) is 5.00. The number of morpholine rings is 1. The molecule has 14 atom stereocenters. The Morgan fingerprint density at radius 1 is 1.04 bits per heavy atom. The number of hydrogen-bond donors (Lipinski definition) is 3. The van der Waals surface area contributed by atoms with Crippen LogP contribution < -0.4 is 0 Å². The second kappa shape index (κ2) is 12.2. The van der Waals surface area contributed by atoms with Crippen LogP contribution in [0.4, 0.5) is 8.78 Å². The van der Waals surface area contributed by atoms with E-state index in [-0.39, 0.29) is 70.0 Å². The molecule has 5 unspecified atom stereocenters. The predicted molar refractivity (Wildman–Crippen MR) is 190 cm³/mol. The molecule has 5 saturated carbocycles. The Kier molecular flexibility index (Phi) is 8.70. The van der Waals surface area contributed by atoms with Crippen LogP contribution in [0.15, 0.2) is 18.2 Å². The minimum Gasteiger partial charge on any atom is -0.390 e. The van der Waals surface area contributed by atoms with Gasteiger partial charge in [-0.05, 0) is 128 Å². The van der Waals surface area contributed by atoms with Crippen LogP contribution >= 0.6 is 0 Å². The van der Waals surface area contributed by atoms with Gasteiger partial charge in [-0.15, -0.1) is 0 Å². The summed E-state index contributed by atoms with van der Waals surface area (Å²) in [4.78, 5) is 14.9. The summed E-state index contributed by atoms with van der Waals surface area (Å²) in [6, 6.07) is 3.22. The Labute approximate surface area is 308 Å². The zero-order chi connectivity index (χ0) is 37.4. The molecule has 7 aliphatic rings. The molecular weight excluding hydrogens is 668 g/mol. The lowest BCUT2D eigenvalue weighted by atomic mass is 9.41. The molecule has 7 fully saturated rings. The fraction of sp³-hybridized carbons (Fsp3) is 0.833. The number of hydrogen-bond acceptors (Lipinski definition) is 7. The van der Waals surface area contributed by atoms with Gasteiger partial charge in [0.15, 0.2) is 6.29 Å². The summed E-state index contributed by atoms with van der Waals surface area (Å²) >= 11 is 0.